The number of fused-ring (bicyclic) bond motifs is 1. The molecule has 3 rings (SSSR count). The molecule has 0 radical (unpaired) electrons. The van der Waals surface area contributed by atoms with Crippen LogP contribution in [0.5, 0.6) is 5.75 Å². The van der Waals surface area contributed by atoms with E-state index in [1.165, 1.54) is 11.1 Å². The lowest BCUT2D eigenvalue weighted by Crippen LogP contribution is -2.09. The van der Waals surface area contributed by atoms with Gasteiger partial charge in [0.15, 0.2) is 0 Å². The minimum Gasteiger partial charge on any atom is -0.493 e. The Hall–Kier alpha value is -1.97. The van der Waals surface area contributed by atoms with E-state index in [-0.39, 0.29) is 0 Å². The molecule has 1 aliphatic heterocycles. The van der Waals surface area contributed by atoms with Crippen molar-refractivity contribution in [2.45, 2.75) is 39.3 Å². The van der Waals surface area contributed by atoms with Crippen molar-refractivity contribution >= 4 is 5.69 Å². The van der Waals surface area contributed by atoms with Crippen LogP contribution < -0.4 is 10.1 Å². The Morgan fingerprint density at radius 1 is 1.40 bits per heavy atom. The number of hydrogen-bond acceptors (Lipinski definition) is 3. The summed E-state index contributed by atoms with van der Waals surface area (Å²) in [6, 6.07) is 6.84. The van der Waals surface area contributed by atoms with Crippen LogP contribution in [0.15, 0.2) is 30.6 Å². The Balaban J connectivity index is 1.79. The Morgan fingerprint density at radius 2 is 2.30 bits per heavy atom. The van der Waals surface area contributed by atoms with Crippen LogP contribution in [0.25, 0.3) is 0 Å². The Bertz CT molecular complexity index is 591. The van der Waals surface area contributed by atoms with Gasteiger partial charge in [0.25, 0.3) is 0 Å². The SMILES string of the molecule is CCC(Nc1cnn(CC)c1)c1ccc2c(c1)CCO2. The summed E-state index contributed by atoms with van der Waals surface area (Å²) in [6.45, 7) is 6.00. The number of rotatable bonds is 5. The second-order valence-electron chi connectivity index (χ2n) is 5.16. The monoisotopic (exact) mass is 271 g/mol. The van der Waals surface area contributed by atoms with Gasteiger partial charge in [-0.3, -0.25) is 4.68 Å². The molecule has 20 heavy (non-hydrogen) atoms. The molecule has 2 heterocycles. The molecule has 0 saturated heterocycles. The van der Waals surface area contributed by atoms with E-state index in [1.807, 2.05) is 10.9 Å². The lowest BCUT2D eigenvalue weighted by atomic mass is 10.0. The third kappa shape index (κ3) is 2.50. The number of nitrogens with one attached hydrogen (secondary N) is 1. The fourth-order valence-corrected chi connectivity index (χ4v) is 2.66. The summed E-state index contributed by atoms with van der Waals surface area (Å²) in [7, 11) is 0. The van der Waals surface area contributed by atoms with E-state index in [1.54, 1.807) is 0 Å². The van der Waals surface area contributed by atoms with Crippen LogP contribution >= 0.6 is 0 Å². The first-order valence-electron chi connectivity index (χ1n) is 7.34. The summed E-state index contributed by atoms with van der Waals surface area (Å²) in [5.41, 5.74) is 3.73. The van der Waals surface area contributed by atoms with Crippen molar-refractivity contribution in [1.82, 2.24) is 9.78 Å². The van der Waals surface area contributed by atoms with Crippen LogP contribution in [-0.4, -0.2) is 16.4 Å². The van der Waals surface area contributed by atoms with E-state index < -0.39 is 0 Å². The molecule has 0 spiro atoms. The highest BCUT2D eigenvalue weighted by atomic mass is 16.5. The van der Waals surface area contributed by atoms with Gasteiger partial charge in [0.1, 0.15) is 5.75 Å². The molecule has 1 unspecified atom stereocenters. The van der Waals surface area contributed by atoms with Crippen LogP contribution in [0.4, 0.5) is 5.69 Å². The maximum absolute atomic E-state index is 5.57. The molecule has 2 aromatic rings. The first kappa shape index (κ1) is 13.0. The molecule has 0 amide bonds. The van der Waals surface area contributed by atoms with Gasteiger partial charge in [-0.1, -0.05) is 13.0 Å². The molecule has 1 atom stereocenters. The lowest BCUT2D eigenvalue weighted by molar-refractivity contribution is 0.357. The molecule has 4 heteroatoms. The highest BCUT2D eigenvalue weighted by Gasteiger charge is 2.16. The quantitative estimate of drug-likeness (QED) is 0.906. The summed E-state index contributed by atoms with van der Waals surface area (Å²) in [5.74, 6) is 1.04. The largest absolute Gasteiger partial charge is 0.493 e. The maximum atomic E-state index is 5.57. The predicted octanol–water partition coefficient (Wildman–Crippen LogP) is 3.40. The van der Waals surface area contributed by atoms with Crippen molar-refractivity contribution in [3.05, 3.63) is 41.7 Å². The molecular formula is C16H21N3O. The van der Waals surface area contributed by atoms with Crippen molar-refractivity contribution in [2.75, 3.05) is 11.9 Å². The molecule has 4 nitrogen and oxygen atoms in total. The van der Waals surface area contributed by atoms with Crippen molar-refractivity contribution in [1.29, 1.82) is 0 Å². The van der Waals surface area contributed by atoms with Gasteiger partial charge in [0.05, 0.1) is 24.5 Å². The van der Waals surface area contributed by atoms with Gasteiger partial charge in [0, 0.05) is 19.2 Å². The maximum Gasteiger partial charge on any atom is 0.122 e. The molecule has 106 valence electrons. The normalized spacial score (nSPS) is 14.7. The third-order valence-corrected chi connectivity index (χ3v) is 3.82. The van der Waals surface area contributed by atoms with Gasteiger partial charge in [0.2, 0.25) is 0 Å². The average Bonchev–Trinajstić information content (AvgIpc) is 3.12. The van der Waals surface area contributed by atoms with Crippen molar-refractivity contribution < 1.29 is 4.74 Å². The highest BCUT2D eigenvalue weighted by molar-refractivity contribution is 5.45. The minimum absolute atomic E-state index is 0.315. The molecule has 1 aromatic carbocycles. The van der Waals surface area contributed by atoms with Gasteiger partial charge >= 0.3 is 0 Å². The van der Waals surface area contributed by atoms with E-state index in [9.17, 15) is 0 Å². The van der Waals surface area contributed by atoms with E-state index >= 15 is 0 Å². The van der Waals surface area contributed by atoms with E-state index in [4.69, 9.17) is 4.74 Å². The molecule has 1 N–H and O–H groups in total. The number of benzene rings is 1. The second kappa shape index (κ2) is 5.57. The number of ether oxygens (including phenoxy) is 1. The molecule has 0 saturated carbocycles. The van der Waals surface area contributed by atoms with Gasteiger partial charge in [-0.2, -0.15) is 5.10 Å². The zero-order valence-electron chi connectivity index (χ0n) is 12.1. The van der Waals surface area contributed by atoms with Crippen LogP contribution in [-0.2, 0) is 13.0 Å². The molecule has 0 fully saturated rings. The smallest absolute Gasteiger partial charge is 0.122 e. The van der Waals surface area contributed by atoms with Gasteiger partial charge < -0.3 is 10.1 Å². The molecule has 1 aliphatic rings. The Morgan fingerprint density at radius 3 is 3.05 bits per heavy atom. The van der Waals surface area contributed by atoms with Crippen LogP contribution in [0.3, 0.4) is 0 Å². The van der Waals surface area contributed by atoms with Crippen molar-refractivity contribution in [2.24, 2.45) is 0 Å². The topological polar surface area (TPSA) is 39.1 Å². The van der Waals surface area contributed by atoms with Crippen LogP contribution in [0, 0.1) is 0 Å². The minimum atomic E-state index is 0.315. The Kier molecular flexibility index (Phi) is 3.63. The fourth-order valence-electron chi connectivity index (χ4n) is 2.66. The summed E-state index contributed by atoms with van der Waals surface area (Å²) in [5, 5.41) is 7.87. The summed E-state index contributed by atoms with van der Waals surface area (Å²) in [4.78, 5) is 0. The standard InChI is InChI=1S/C16H21N3O/c1-3-15(18-14-10-17-19(4-2)11-14)12-5-6-16-13(9-12)7-8-20-16/h5-6,9-11,15,18H,3-4,7-8H2,1-2H3. The number of aromatic nitrogens is 2. The van der Waals surface area contributed by atoms with Gasteiger partial charge in [-0.25, -0.2) is 0 Å². The highest BCUT2D eigenvalue weighted by Crippen LogP contribution is 2.30. The summed E-state index contributed by atoms with van der Waals surface area (Å²) in [6.07, 6.45) is 6.01. The van der Waals surface area contributed by atoms with Crippen LogP contribution in [0.1, 0.15) is 37.4 Å². The number of anilines is 1. The first-order valence-corrected chi connectivity index (χ1v) is 7.34. The van der Waals surface area contributed by atoms with E-state index in [0.717, 1.165) is 37.4 Å². The molecular weight excluding hydrogens is 250 g/mol. The summed E-state index contributed by atoms with van der Waals surface area (Å²) >= 11 is 0. The van der Waals surface area contributed by atoms with Crippen LogP contribution in [0.2, 0.25) is 0 Å². The Labute approximate surface area is 119 Å². The van der Waals surface area contributed by atoms with Gasteiger partial charge in [-0.05, 0) is 36.6 Å². The molecule has 1 aromatic heterocycles. The second-order valence-corrected chi connectivity index (χ2v) is 5.16. The zero-order chi connectivity index (χ0) is 13.9. The molecule has 0 bridgehead atoms. The van der Waals surface area contributed by atoms with E-state index in [2.05, 4.69) is 48.7 Å². The number of hydrogen-bond donors (Lipinski definition) is 1. The van der Waals surface area contributed by atoms with Gasteiger partial charge in [-0.15, -0.1) is 0 Å². The summed E-state index contributed by atoms with van der Waals surface area (Å²) < 4.78 is 7.51. The fraction of sp³-hybridized carbons (Fsp3) is 0.438. The first-order chi connectivity index (χ1) is 9.80. The predicted molar refractivity (Wildman–Crippen MR) is 80.2 cm³/mol. The third-order valence-electron chi connectivity index (χ3n) is 3.82. The van der Waals surface area contributed by atoms with E-state index in [0.29, 0.717) is 6.04 Å². The average molecular weight is 271 g/mol. The zero-order valence-corrected chi connectivity index (χ0v) is 12.1. The van der Waals surface area contributed by atoms with Crippen molar-refractivity contribution in [3.8, 4) is 5.75 Å². The number of aryl methyl sites for hydroxylation is 1. The van der Waals surface area contributed by atoms with Crippen molar-refractivity contribution in [3.63, 3.8) is 0 Å². The number of nitrogens with zero attached hydrogens (tertiary/aromatic N) is 2. The lowest BCUT2D eigenvalue weighted by Gasteiger charge is -2.18. The molecule has 0 aliphatic carbocycles.